The minimum Gasteiger partial charge on any atom is -0.481 e. The molecule has 1 rings (SSSR count). The highest BCUT2D eigenvalue weighted by molar-refractivity contribution is 5.66. The number of hydrogen-bond donors (Lipinski definition) is 1. The molecule has 2 atom stereocenters. The van der Waals surface area contributed by atoms with Crippen LogP contribution in [0.5, 0.6) is 0 Å². The van der Waals surface area contributed by atoms with E-state index in [9.17, 15) is 4.79 Å². The highest BCUT2D eigenvalue weighted by Crippen LogP contribution is 2.24. The molecular weight excluding hydrogens is 188 g/mol. The molecule has 0 aromatic heterocycles. The molecule has 2 unspecified atom stereocenters. The Bertz CT molecular complexity index is 306. The molecule has 0 spiro atoms. The number of carboxylic acid groups (broad SMARTS) is 1. The molecule has 0 aliphatic carbocycles. The first-order valence-electron chi connectivity index (χ1n) is 5.36. The molecular formula is C13H18O2. The van der Waals surface area contributed by atoms with Crippen LogP contribution < -0.4 is 0 Å². The Morgan fingerprint density at radius 3 is 2.40 bits per heavy atom. The van der Waals surface area contributed by atoms with Crippen LogP contribution in [-0.4, -0.2) is 11.1 Å². The van der Waals surface area contributed by atoms with Crippen molar-refractivity contribution in [3.8, 4) is 0 Å². The molecule has 2 nitrogen and oxygen atoms in total. The second kappa shape index (κ2) is 5.54. The van der Waals surface area contributed by atoms with Crippen LogP contribution in [0.3, 0.4) is 0 Å². The van der Waals surface area contributed by atoms with Gasteiger partial charge in [-0.15, -0.1) is 0 Å². The van der Waals surface area contributed by atoms with E-state index in [0.717, 1.165) is 6.42 Å². The van der Waals surface area contributed by atoms with Gasteiger partial charge in [-0.2, -0.15) is 0 Å². The lowest BCUT2D eigenvalue weighted by Gasteiger charge is -2.15. The Balaban J connectivity index is 2.49. The van der Waals surface area contributed by atoms with Gasteiger partial charge in [-0.3, -0.25) is 4.79 Å². The van der Waals surface area contributed by atoms with Crippen molar-refractivity contribution in [3.05, 3.63) is 35.9 Å². The molecule has 0 fully saturated rings. The Labute approximate surface area is 90.9 Å². The molecule has 0 heterocycles. The molecule has 1 aromatic rings. The Morgan fingerprint density at radius 1 is 1.27 bits per heavy atom. The monoisotopic (exact) mass is 206 g/mol. The third-order valence-corrected chi connectivity index (χ3v) is 2.65. The van der Waals surface area contributed by atoms with Crippen molar-refractivity contribution in [1.82, 2.24) is 0 Å². The summed E-state index contributed by atoms with van der Waals surface area (Å²) in [5, 5.41) is 8.67. The topological polar surface area (TPSA) is 37.3 Å². The highest BCUT2D eigenvalue weighted by Gasteiger charge is 2.13. The van der Waals surface area contributed by atoms with E-state index in [2.05, 4.69) is 19.1 Å². The summed E-state index contributed by atoms with van der Waals surface area (Å²) in [5.41, 5.74) is 1.29. The van der Waals surface area contributed by atoms with Crippen molar-refractivity contribution in [2.24, 2.45) is 5.92 Å². The zero-order chi connectivity index (χ0) is 11.3. The lowest BCUT2D eigenvalue weighted by molar-refractivity contribution is -0.138. The number of carboxylic acids is 1. The van der Waals surface area contributed by atoms with E-state index in [1.165, 1.54) is 5.56 Å². The van der Waals surface area contributed by atoms with Crippen LogP contribution >= 0.6 is 0 Å². The summed E-state index contributed by atoms with van der Waals surface area (Å²) in [6, 6.07) is 10.2. The van der Waals surface area contributed by atoms with Crippen molar-refractivity contribution >= 4 is 5.97 Å². The van der Waals surface area contributed by atoms with Gasteiger partial charge in [-0.25, -0.2) is 0 Å². The lowest BCUT2D eigenvalue weighted by atomic mass is 9.90. The van der Waals surface area contributed by atoms with Gasteiger partial charge in [0.25, 0.3) is 0 Å². The maximum Gasteiger partial charge on any atom is 0.303 e. The van der Waals surface area contributed by atoms with Crippen LogP contribution in [0.15, 0.2) is 30.3 Å². The number of hydrogen-bond acceptors (Lipinski definition) is 1. The highest BCUT2D eigenvalue weighted by atomic mass is 16.4. The van der Waals surface area contributed by atoms with Crippen LogP contribution in [-0.2, 0) is 4.79 Å². The van der Waals surface area contributed by atoms with Gasteiger partial charge in [0.1, 0.15) is 0 Å². The molecule has 0 saturated carbocycles. The summed E-state index contributed by atoms with van der Waals surface area (Å²) in [6.07, 6.45) is 1.19. The molecule has 15 heavy (non-hydrogen) atoms. The number of aliphatic carboxylic acids is 1. The smallest absolute Gasteiger partial charge is 0.303 e. The van der Waals surface area contributed by atoms with E-state index in [0.29, 0.717) is 5.92 Å². The molecule has 82 valence electrons. The molecule has 1 aromatic carbocycles. The lowest BCUT2D eigenvalue weighted by Crippen LogP contribution is -2.07. The normalized spacial score (nSPS) is 14.5. The van der Waals surface area contributed by atoms with Crippen molar-refractivity contribution in [2.45, 2.75) is 32.6 Å². The van der Waals surface area contributed by atoms with Crippen LogP contribution in [0.1, 0.15) is 38.2 Å². The second-order valence-electron chi connectivity index (χ2n) is 4.25. The predicted octanol–water partition coefficient (Wildman–Crippen LogP) is 3.29. The maximum atomic E-state index is 10.5. The Hall–Kier alpha value is -1.31. The van der Waals surface area contributed by atoms with E-state index in [1.54, 1.807) is 0 Å². The van der Waals surface area contributed by atoms with E-state index in [-0.39, 0.29) is 12.3 Å². The first kappa shape index (κ1) is 11.8. The van der Waals surface area contributed by atoms with Crippen LogP contribution in [0, 0.1) is 5.92 Å². The van der Waals surface area contributed by atoms with E-state index < -0.39 is 5.97 Å². The van der Waals surface area contributed by atoms with Gasteiger partial charge < -0.3 is 5.11 Å². The fraction of sp³-hybridized carbons (Fsp3) is 0.462. The molecule has 1 N–H and O–H groups in total. The van der Waals surface area contributed by atoms with Crippen LogP contribution in [0.4, 0.5) is 0 Å². The van der Waals surface area contributed by atoms with Gasteiger partial charge in [-0.1, -0.05) is 44.2 Å². The van der Waals surface area contributed by atoms with Gasteiger partial charge in [0, 0.05) is 6.42 Å². The maximum absolute atomic E-state index is 10.5. The minimum absolute atomic E-state index is 0.234. The predicted molar refractivity (Wildman–Crippen MR) is 60.9 cm³/mol. The number of benzene rings is 1. The van der Waals surface area contributed by atoms with E-state index in [1.807, 2.05) is 25.1 Å². The molecule has 0 aliphatic heterocycles. The molecule has 0 radical (unpaired) electrons. The summed E-state index contributed by atoms with van der Waals surface area (Å²) in [4.78, 5) is 10.5. The number of carbonyl (C=O) groups is 1. The largest absolute Gasteiger partial charge is 0.481 e. The summed E-state index contributed by atoms with van der Waals surface area (Å²) in [6.45, 7) is 4.14. The van der Waals surface area contributed by atoms with E-state index >= 15 is 0 Å². The average molecular weight is 206 g/mol. The Morgan fingerprint density at radius 2 is 1.87 bits per heavy atom. The van der Waals surface area contributed by atoms with E-state index in [4.69, 9.17) is 5.11 Å². The Kier molecular flexibility index (Phi) is 4.35. The van der Waals surface area contributed by atoms with Gasteiger partial charge in [0.2, 0.25) is 0 Å². The molecule has 0 amide bonds. The fourth-order valence-corrected chi connectivity index (χ4v) is 1.90. The molecule has 0 saturated heterocycles. The standard InChI is InChI=1S/C13H18O2/c1-10(9-13(14)15)8-11(2)12-6-4-3-5-7-12/h3-7,10-11H,8-9H2,1-2H3,(H,14,15). The zero-order valence-electron chi connectivity index (χ0n) is 9.31. The van der Waals surface area contributed by atoms with Gasteiger partial charge in [0.05, 0.1) is 0 Å². The summed E-state index contributed by atoms with van der Waals surface area (Å²) >= 11 is 0. The molecule has 2 heteroatoms. The van der Waals surface area contributed by atoms with Crippen molar-refractivity contribution in [3.63, 3.8) is 0 Å². The van der Waals surface area contributed by atoms with Crippen LogP contribution in [0.25, 0.3) is 0 Å². The second-order valence-corrected chi connectivity index (χ2v) is 4.25. The van der Waals surface area contributed by atoms with Crippen molar-refractivity contribution in [1.29, 1.82) is 0 Å². The first-order chi connectivity index (χ1) is 7.09. The third-order valence-electron chi connectivity index (χ3n) is 2.65. The summed E-state index contributed by atoms with van der Waals surface area (Å²) in [5.74, 6) is -0.0407. The molecule has 0 bridgehead atoms. The minimum atomic E-state index is -0.706. The first-order valence-corrected chi connectivity index (χ1v) is 5.36. The number of rotatable bonds is 5. The van der Waals surface area contributed by atoms with Gasteiger partial charge >= 0.3 is 5.97 Å². The quantitative estimate of drug-likeness (QED) is 0.802. The van der Waals surface area contributed by atoms with Crippen molar-refractivity contribution < 1.29 is 9.90 Å². The van der Waals surface area contributed by atoms with Crippen LogP contribution in [0.2, 0.25) is 0 Å². The van der Waals surface area contributed by atoms with Gasteiger partial charge in [-0.05, 0) is 23.8 Å². The molecule has 0 aliphatic rings. The summed E-state index contributed by atoms with van der Waals surface area (Å²) < 4.78 is 0. The zero-order valence-corrected chi connectivity index (χ0v) is 9.31. The fourth-order valence-electron chi connectivity index (χ4n) is 1.90. The third kappa shape index (κ3) is 4.15. The van der Waals surface area contributed by atoms with Crippen molar-refractivity contribution in [2.75, 3.05) is 0 Å². The SMILES string of the molecule is CC(CC(=O)O)CC(C)c1ccccc1. The summed E-state index contributed by atoms with van der Waals surface area (Å²) in [7, 11) is 0. The average Bonchev–Trinajstić information content (AvgIpc) is 2.17. The van der Waals surface area contributed by atoms with Gasteiger partial charge in [0.15, 0.2) is 0 Å².